The highest BCUT2D eigenvalue weighted by Gasteiger charge is 2.20. The van der Waals surface area contributed by atoms with Gasteiger partial charge in [-0.3, -0.25) is 5.01 Å². The van der Waals surface area contributed by atoms with Gasteiger partial charge in [0.2, 0.25) is 0 Å². The second-order valence-electron chi connectivity index (χ2n) is 4.60. The van der Waals surface area contributed by atoms with Gasteiger partial charge < -0.3 is 5.73 Å². The third kappa shape index (κ3) is 2.34. The van der Waals surface area contributed by atoms with Gasteiger partial charge in [0.25, 0.3) is 0 Å². The van der Waals surface area contributed by atoms with Gasteiger partial charge >= 0.3 is 0 Å². The topological polar surface area (TPSA) is 41.6 Å². The van der Waals surface area contributed by atoms with Crippen LogP contribution < -0.4 is 10.7 Å². The van der Waals surface area contributed by atoms with Gasteiger partial charge in [-0.2, -0.15) is 5.10 Å². The summed E-state index contributed by atoms with van der Waals surface area (Å²) in [5, 5.41) is 6.73. The van der Waals surface area contributed by atoms with Crippen molar-refractivity contribution in [3.8, 4) is 0 Å². The Kier molecular flexibility index (Phi) is 3.32. The number of rotatable bonds is 2. The molecule has 0 amide bonds. The van der Waals surface area contributed by atoms with Gasteiger partial charge in [0.05, 0.1) is 11.4 Å². The smallest absolute Gasteiger partial charge is 0.148 e. The van der Waals surface area contributed by atoms with E-state index in [9.17, 15) is 4.39 Å². The first-order valence-electron chi connectivity index (χ1n) is 6.30. The molecule has 0 saturated heterocycles. The maximum Gasteiger partial charge on any atom is 0.148 e. The fraction of sp³-hybridized carbons (Fsp3) is 0.133. The number of nitrogen functional groups attached to an aromatic ring is 1. The van der Waals surface area contributed by atoms with Gasteiger partial charge in [-0.15, -0.1) is 0 Å². The Morgan fingerprint density at radius 3 is 2.80 bits per heavy atom. The molecule has 1 heterocycles. The van der Waals surface area contributed by atoms with Crippen molar-refractivity contribution in [2.45, 2.75) is 6.42 Å². The predicted octanol–water partition coefficient (Wildman–Crippen LogP) is 3.68. The van der Waals surface area contributed by atoms with Crippen LogP contribution in [0.1, 0.15) is 12.0 Å². The van der Waals surface area contributed by atoms with Crippen LogP contribution in [-0.2, 0) is 0 Å². The van der Waals surface area contributed by atoms with Crippen molar-refractivity contribution in [2.75, 3.05) is 17.3 Å². The van der Waals surface area contributed by atoms with E-state index >= 15 is 0 Å². The van der Waals surface area contributed by atoms with E-state index in [-0.39, 0.29) is 5.82 Å². The highest BCUT2D eigenvalue weighted by atomic mass is 35.5. The summed E-state index contributed by atoms with van der Waals surface area (Å²) in [5.74, 6) is -0.281. The van der Waals surface area contributed by atoms with Crippen molar-refractivity contribution in [3.05, 3.63) is 58.9 Å². The average molecular weight is 290 g/mol. The van der Waals surface area contributed by atoms with Gasteiger partial charge in [0.1, 0.15) is 5.82 Å². The minimum atomic E-state index is -0.281. The third-order valence-electron chi connectivity index (χ3n) is 3.26. The van der Waals surface area contributed by atoms with Gasteiger partial charge in [-0.25, -0.2) is 4.39 Å². The molecule has 2 aromatic carbocycles. The molecule has 0 fully saturated rings. The molecular weight excluding hydrogens is 277 g/mol. The first-order valence-corrected chi connectivity index (χ1v) is 6.68. The van der Waals surface area contributed by atoms with E-state index in [0.717, 1.165) is 11.3 Å². The first-order chi connectivity index (χ1) is 9.65. The number of nitrogens with two attached hydrogens (primary N) is 1. The van der Waals surface area contributed by atoms with E-state index < -0.39 is 0 Å². The van der Waals surface area contributed by atoms with Crippen molar-refractivity contribution in [3.63, 3.8) is 0 Å². The van der Waals surface area contributed by atoms with Crippen molar-refractivity contribution >= 4 is 28.7 Å². The fourth-order valence-corrected chi connectivity index (χ4v) is 2.43. The zero-order valence-corrected chi connectivity index (χ0v) is 11.4. The van der Waals surface area contributed by atoms with Crippen LogP contribution in [0.3, 0.4) is 0 Å². The maximum atomic E-state index is 13.8. The van der Waals surface area contributed by atoms with Gasteiger partial charge in [-0.05, 0) is 30.3 Å². The number of hydrogen-bond acceptors (Lipinski definition) is 3. The van der Waals surface area contributed by atoms with Gasteiger partial charge in [0, 0.05) is 29.2 Å². The third-order valence-corrected chi connectivity index (χ3v) is 3.49. The summed E-state index contributed by atoms with van der Waals surface area (Å²) in [6.07, 6.45) is 0.707. The van der Waals surface area contributed by atoms with Crippen LogP contribution in [0.5, 0.6) is 0 Å². The normalized spacial score (nSPS) is 14.5. The molecule has 2 N–H and O–H groups in total. The highest BCUT2D eigenvalue weighted by Crippen LogP contribution is 2.27. The van der Waals surface area contributed by atoms with E-state index in [2.05, 4.69) is 5.10 Å². The lowest BCUT2D eigenvalue weighted by Gasteiger charge is -2.13. The van der Waals surface area contributed by atoms with Crippen molar-refractivity contribution in [1.82, 2.24) is 0 Å². The van der Waals surface area contributed by atoms with Crippen LogP contribution in [-0.4, -0.2) is 12.3 Å². The molecule has 2 aromatic rings. The number of halogens is 2. The van der Waals surface area contributed by atoms with Crippen LogP contribution in [0.2, 0.25) is 5.02 Å². The van der Waals surface area contributed by atoms with E-state index in [1.807, 2.05) is 0 Å². The molecule has 0 radical (unpaired) electrons. The summed E-state index contributed by atoms with van der Waals surface area (Å²) in [5.41, 5.74) is 8.70. The highest BCUT2D eigenvalue weighted by molar-refractivity contribution is 6.31. The van der Waals surface area contributed by atoms with Gasteiger partial charge in [0.15, 0.2) is 0 Å². The van der Waals surface area contributed by atoms with Crippen LogP contribution in [0.25, 0.3) is 0 Å². The zero-order valence-electron chi connectivity index (χ0n) is 10.7. The Labute approximate surface area is 121 Å². The van der Waals surface area contributed by atoms with E-state index in [0.29, 0.717) is 29.4 Å². The van der Waals surface area contributed by atoms with E-state index in [1.54, 1.807) is 41.4 Å². The fourth-order valence-electron chi connectivity index (χ4n) is 2.26. The molecule has 3 rings (SSSR count). The van der Waals surface area contributed by atoms with Gasteiger partial charge in [-0.1, -0.05) is 23.7 Å². The molecule has 1 aliphatic heterocycles. The zero-order chi connectivity index (χ0) is 14.1. The molecule has 1 aliphatic rings. The van der Waals surface area contributed by atoms with Crippen molar-refractivity contribution in [1.29, 1.82) is 0 Å². The molecule has 0 spiro atoms. The lowest BCUT2D eigenvalue weighted by molar-refractivity contribution is 0.622. The molecule has 20 heavy (non-hydrogen) atoms. The Morgan fingerprint density at radius 2 is 2.00 bits per heavy atom. The van der Waals surface area contributed by atoms with Crippen LogP contribution in [0.15, 0.2) is 47.6 Å². The Hall–Kier alpha value is -2.07. The molecule has 0 aromatic heterocycles. The number of para-hydroxylation sites is 1. The Bertz CT molecular complexity index is 685. The van der Waals surface area contributed by atoms with Crippen LogP contribution in [0.4, 0.5) is 15.8 Å². The first kappa shape index (κ1) is 12.9. The number of benzene rings is 2. The lowest BCUT2D eigenvalue weighted by atomic mass is 10.1. The molecule has 0 atom stereocenters. The predicted molar refractivity (Wildman–Crippen MR) is 80.8 cm³/mol. The minimum absolute atomic E-state index is 0.281. The lowest BCUT2D eigenvalue weighted by Crippen LogP contribution is -2.13. The molecule has 0 unspecified atom stereocenters. The Morgan fingerprint density at radius 1 is 1.20 bits per heavy atom. The summed E-state index contributed by atoms with van der Waals surface area (Å²) >= 11 is 5.99. The van der Waals surface area contributed by atoms with Crippen LogP contribution in [0, 0.1) is 5.82 Å². The van der Waals surface area contributed by atoms with Crippen molar-refractivity contribution in [2.24, 2.45) is 5.10 Å². The summed E-state index contributed by atoms with van der Waals surface area (Å²) in [4.78, 5) is 0. The minimum Gasteiger partial charge on any atom is -0.398 e. The average Bonchev–Trinajstić information content (AvgIpc) is 2.91. The second kappa shape index (κ2) is 5.13. The molecule has 102 valence electrons. The number of hydrogen-bond donors (Lipinski definition) is 1. The maximum absolute atomic E-state index is 13.8. The number of anilines is 2. The standard InChI is InChI=1S/C15H13ClFN3/c16-10-5-6-13(18)11(9-10)14-7-8-20(19-14)15-4-2-1-3-12(15)17/h1-6,9H,7-8,18H2. The molecule has 0 aliphatic carbocycles. The molecule has 0 saturated carbocycles. The Balaban J connectivity index is 1.96. The summed E-state index contributed by atoms with van der Waals surface area (Å²) in [6, 6.07) is 11.9. The molecule has 0 bridgehead atoms. The molecular formula is C15H13ClFN3. The molecule has 3 nitrogen and oxygen atoms in total. The number of hydrazone groups is 1. The van der Waals surface area contributed by atoms with E-state index in [1.165, 1.54) is 6.07 Å². The quantitative estimate of drug-likeness (QED) is 0.857. The number of nitrogens with zero attached hydrogens (tertiary/aromatic N) is 2. The van der Waals surface area contributed by atoms with E-state index in [4.69, 9.17) is 17.3 Å². The SMILES string of the molecule is Nc1ccc(Cl)cc1C1=NN(c2ccccc2F)CC1. The van der Waals surface area contributed by atoms with Crippen LogP contribution >= 0.6 is 11.6 Å². The summed E-state index contributed by atoms with van der Waals surface area (Å²) in [6.45, 7) is 0.627. The van der Waals surface area contributed by atoms with Crippen molar-refractivity contribution < 1.29 is 4.39 Å². The summed E-state index contributed by atoms with van der Waals surface area (Å²) in [7, 11) is 0. The second-order valence-corrected chi connectivity index (χ2v) is 5.04. The molecule has 5 heteroatoms. The monoisotopic (exact) mass is 289 g/mol. The largest absolute Gasteiger partial charge is 0.398 e. The summed E-state index contributed by atoms with van der Waals surface area (Å²) < 4.78 is 13.8.